The number of rotatable bonds is 4. The first kappa shape index (κ1) is 27.6. The van der Waals surface area contributed by atoms with Crippen LogP contribution in [0.3, 0.4) is 0 Å². The summed E-state index contributed by atoms with van der Waals surface area (Å²) in [5, 5.41) is 9.48. The number of hydrogen-bond acceptors (Lipinski definition) is 3. The average Bonchev–Trinajstić information content (AvgIpc) is 3.85. The fourth-order valence-corrected chi connectivity index (χ4v) is 9.15. The van der Waals surface area contributed by atoms with Crippen LogP contribution < -0.4 is 4.90 Å². The predicted octanol–water partition coefficient (Wildman–Crippen LogP) is 13.7. The molecule has 50 heavy (non-hydrogen) atoms. The van der Waals surface area contributed by atoms with Crippen molar-refractivity contribution in [3.63, 3.8) is 0 Å². The molecule has 0 saturated carbocycles. The summed E-state index contributed by atoms with van der Waals surface area (Å²) in [5.41, 5.74) is 8.61. The van der Waals surface area contributed by atoms with Gasteiger partial charge in [0.1, 0.15) is 11.2 Å². The quantitative estimate of drug-likeness (QED) is 0.188. The molecule has 0 aliphatic heterocycles. The van der Waals surface area contributed by atoms with E-state index in [-0.39, 0.29) is 0 Å². The van der Waals surface area contributed by atoms with Crippen LogP contribution >= 0.6 is 11.3 Å². The zero-order chi connectivity index (χ0) is 32.8. The molecular weight excluding hydrogens is 629 g/mol. The molecule has 0 bridgehead atoms. The highest BCUT2D eigenvalue weighted by Gasteiger charge is 2.24. The molecule has 0 unspecified atom stereocenters. The minimum absolute atomic E-state index is 0.899. The summed E-state index contributed by atoms with van der Waals surface area (Å²) in [6.07, 6.45) is 0. The third kappa shape index (κ3) is 3.91. The van der Waals surface area contributed by atoms with Gasteiger partial charge in [-0.15, -0.1) is 11.3 Å². The van der Waals surface area contributed by atoms with Gasteiger partial charge in [-0.05, 0) is 72.1 Å². The molecule has 0 amide bonds. The van der Waals surface area contributed by atoms with Gasteiger partial charge in [-0.1, -0.05) is 103 Å². The van der Waals surface area contributed by atoms with E-state index in [9.17, 15) is 0 Å². The number of aromatic nitrogens is 1. The highest BCUT2D eigenvalue weighted by atomic mass is 32.1. The number of nitrogens with zero attached hydrogens (tertiary/aromatic N) is 2. The Morgan fingerprint density at radius 3 is 2.04 bits per heavy atom. The molecule has 0 fully saturated rings. The lowest BCUT2D eigenvalue weighted by atomic mass is 10.0. The van der Waals surface area contributed by atoms with Gasteiger partial charge in [0.15, 0.2) is 0 Å². The van der Waals surface area contributed by atoms with E-state index in [2.05, 4.69) is 173 Å². The Morgan fingerprint density at radius 2 is 1.14 bits per heavy atom. The van der Waals surface area contributed by atoms with Crippen LogP contribution in [0.15, 0.2) is 174 Å². The van der Waals surface area contributed by atoms with E-state index in [1.54, 1.807) is 0 Å². The summed E-state index contributed by atoms with van der Waals surface area (Å²) in [6, 6.07) is 61.3. The van der Waals surface area contributed by atoms with Crippen molar-refractivity contribution in [2.24, 2.45) is 0 Å². The predicted molar refractivity (Wildman–Crippen MR) is 213 cm³/mol. The number of benzene rings is 8. The Labute approximate surface area is 291 Å². The monoisotopic (exact) mass is 656 g/mol. The third-order valence-corrected chi connectivity index (χ3v) is 11.3. The number of para-hydroxylation sites is 3. The van der Waals surface area contributed by atoms with Crippen molar-refractivity contribution in [3.8, 4) is 5.69 Å². The Bertz CT molecular complexity index is 3110. The van der Waals surface area contributed by atoms with E-state index in [0.29, 0.717) is 0 Å². The van der Waals surface area contributed by atoms with Gasteiger partial charge in [-0.25, -0.2) is 0 Å². The normalized spacial score (nSPS) is 12.0. The molecule has 3 heterocycles. The molecule has 11 rings (SSSR count). The molecule has 11 aromatic rings. The number of anilines is 3. The van der Waals surface area contributed by atoms with Crippen molar-refractivity contribution in [1.29, 1.82) is 0 Å². The molecule has 0 aliphatic rings. The van der Waals surface area contributed by atoms with Crippen LogP contribution in [0.5, 0.6) is 0 Å². The summed E-state index contributed by atoms with van der Waals surface area (Å²) < 4.78 is 11.7. The largest absolute Gasteiger partial charge is 0.455 e. The van der Waals surface area contributed by atoms with E-state index in [1.165, 1.54) is 36.5 Å². The van der Waals surface area contributed by atoms with E-state index >= 15 is 0 Å². The summed E-state index contributed by atoms with van der Waals surface area (Å²) in [4.78, 5) is 2.46. The van der Waals surface area contributed by atoms with Crippen molar-refractivity contribution in [1.82, 2.24) is 4.57 Å². The maximum atomic E-state index is 6.73. The molecule has 8 aromatic carbocycles. The van der Waals surface area contributed by atoms with Gasteiger partial charge >= 0.3 is 0 Å². The van der Waals surface area contributed by atoms with Crippen molar-refractivity contribution in [3.05, 3.63) is 170 Å². The number of fused-ring (bicyclic) bond motifs is 11. The van der Waals surface area contributed by atoms with Gasteiger partial charge in [0, 0.05) is 58.5 Å². The maximum absolute atomic E-state index is 6.73. The van der Waals surface area contributed by atoms with Gasteiger partial charge in [0.05, 0.1) is 22.4 Å². The first-order valence-electron chi connectivity index (χ1n) is 16.9. The highest BCUT2D eigenvalue weighted by Crippen LogP contribution is 2.49. The van der Waals surface area contributed by atoms with Gasteiger partial charge in [-0.2, -0.15) is 0 Å². The lowest BCUT2D eigenvalue weighted by molar-refractivity contribution is 0.672. The molecule has 3 aromatic heterocycles. The highest BCUT2D eigenvalue weighted by molar-refractivity contribution is 7.26. The number of hydrogen-bond donors (Lipinski definition) is 0. The molecule has 0 aliphatic carbocycles. The lowest BCUT2D eigenvalue weighted by Crippen LogP contribution is -2.11. The average molecular weight is 657 g/mol. The van der Waals surface area contributed by atoms with E-state index in [4.69, 9.17) is 4.42 Å². The van der Waals surface area contributed by atoms with Gasteiger partial charge in [-0.3, -0.25) is 0 Å². The first-order chi connectivity index (χ1) is 24.8. The summed E-state index contributed by atoms with van der Waals surface area (Å²) in [5.74, 6) is 0. The Morgan fingerprint density at radius 1 is 0.460 bits per heavy atom. The minimum Gasteiger partial charge on any atom is -0.455 e. The van der Waals surface area contributed by atoms with Gasteiger partial charge in [0.2, 0.25) is 0 Å². The van der Waals surface area contributed by atoms with E-state index in [1.807, 2.05) is 17.4 Å². The summed E-state index contributed by atoms with van der Waals surface area (Å²) in [6.45, 7) is 0. The van der Waals surface area contributed by atoms with Gasteiger partial charge < -0.3 is 13.9 Å². The van der Waals surface area contributed by atoms with Crippen LogP contribution in [0.2, 0.25) is 0 Å². The van der Waals surface area contributed by atoms with E-state index < -0.39 is 0 Å². The first-order valence-corrected chi connectivity index (χ1v) is 17.8. The van der Waals surface area contributed by atoms with Gasteiger partial charge in [0.25, 0.3) is 0 Å². The Kier molecular flexibility index (Phi) is 5.83. The van der Waals surface area contributed by atoms with Crippen LogP contribution in [0, 0.1) is 0 Å². The summed E-state index contributed by atoms with van der Waals surface area (Å²) >= 11 is 1.85. The Balaban J connectivity index is 1.29. The molecule has 234 valence electrons. The lowest BCUT2D eigenvalue weighted by Gasteiger charge is -2.28. The SMILES string of the molecule is c1ccc(-n2c3ccccc3c3ccc(N(c4cccc5sc6ccccc6c45)c4cccc5ccc6c7ccccc7oc6c45)cc32)cc1. The zero-order valence-electron chi connectivity index (χ0n) is 26.9. The minimum atomic E-state index is 0.899. The van der Waals surface area contributed by atoms with Crippen LogP contribution in [0.4, 0.5) is 17.1 Å². The molecule has 0 radical (unpaired) electrons. The third-order valence-electron chi connectivity index (χ3n) is 10.2. The van der Waals surface area contributed by atoms with Crippen LogP contribution in [0.25, 0.3) is 80.4 Å². The molecule has 0 spiro atoms. The van der Waals surface area contributed by atoms with Crippen molar-refractivity contribution < 1.29 is 4.42 Å². The smallest absolute Gasteiger partial charge is 0.145 e. The zero-order valence-corrected chi connectivity index (χ0v) is 27.7. The maximum Gasteiger partial charge on any atom is 0.145 e. The fraction of sp³-hybridized carbons (Fsp3) is 0. The number of furan rings is 1. The molecule has 4 heteroatoms. The van der Waals surface area contributed by atoms with Crippen LogP contribution in [-0.2, 0) is 0 Å². The molecule has 0 N–H and O–H groups in total. The second-order valence-electron chi connectivity index (χ2n) is 12.9. The standard InChI is InChI=1S/C46H28N2OS/c1-2-13-30(14-3-1)47-37-18-7-4-15-32(37)33-27-25-31(28-40(33)47)48(39-20-11-23-43-45(39)36-17-6-9-22-42(36)50-43)38-19-10-12-29-24-26-35-34-16-5-8-21-41(34)49-46(35)44(29)38/h1-28H. The summed E-state index contributed by atoms with van der Waals surface area (Å²) in [7, 11) is 0. The molecular formula is C46H28N2OS. The topological polar surface area (TPSA) is 21.3 Å². The van der Waals surface area contributed by atoms with Crippen molar-refractivity contribution in [2.75, 3.05) is 4.90 Å². The second-order valence-corrected chi connectivity index (χ2v) is 14.0. The Hall–Kier alpha value is -6.36. The van der Waals surface area contributed by atoms with Crippen LogP contribution in [-0.4, -0.2) is 4.57 Å². The molecule has 0 atom stereocenters. The molecule has 3 nitrogen and oxygen atoms in total. The van der Waals surface area contributed by atoms with E-state index in [0.717, 1.165) is 61.0 Å². The van der Waals surface area contributed by atoms with Crippen molar-refractivity contribution >= 4 is 103 Å². The number of thiophene rings is 1. The second kappa shape index (κ2) is 10.6. The molecule has 0 saturated heterocycles. The fourth-order valence-electron chi connectivity index (χ4n) is 8.02. The van der Waals surface area contributed by atoms with Crippen LogP contribution in [0.1, 0.15) is 0 Å². The van der Waals surface area contributed by atoms with Crippen molar-refractivity contribution in [2.45, 2.75) is 0 Å².